The predicted octanol–water partition coefficient (Wildman–Crippen LogP) is 3.79. The summed E-state index contributed by atoms with van der Waals surface area (Å²) in [6, 6.07) is 5.67. The maximum atomic E-state index is 12.7. The van der Waals surface area contributed by atoms with Crippen molar-refractivity contribution in [3.05, 3.63) is 28.8 Å². The van der Waals surface area contributed by atoms with Crippen LogP contribution in [0.4, 0.5) is 5.69 Å². The van der Waals surface area contributed by atoms with Crippen LogP contribution >= 0.6 is 11.6 Å². The SMILES string of the molecule is CCC1CCCCN1C(=O)CN(C(C)=O)c1ccc(Cl)cc1C. The lowest BCUT2D eigenvalue weighted by atomic mass is 10.00. The first kappa shape index (κ1) is 17.8. The van der Waals surface area contributed by atoms with Crippen LogP contribution in [0, 0.1) is 6.92 Å². The fourth-order valence-electron chi connectivity index (χ4n) is 3.27. The van der Waals surface area contributed by atoms with Gasteiger partial charge in [-0.1, -0.05) is 18.5 Å². The minimum absolute atomic E-state index is 0.0288. The first-order valence-electron chi connectivity index (χ1n) is 8.27. The van der Waals surface area contributed by atoms with E-state index in [1.165, 1.54) is 13.3 Å². The van der Waals surface area contributed by atoms with Gasteiger partial charge in [-0.05, 0) is 56.4 Å². The molecule has 23 heavy (non-hydrogen) atoms. The van der Waals surface area contributed by atoms with E-state index in [-0.39, 0.29) is 18.4 Å². The Morgan fingerprint density at radius 3 is 2.70 bits per heavy atom. The van der Waals surface area contributed by atoms with Gasteiger partial charge < -0.3 is 9.80 Å². The fourth-order valence-corrected chi connectivity index (χ4v) is 3.49. The molecule has 1 atom stereocenters. The normalized spacial score (nSPS) is 17.9. The molecule has 0 N–H and O–H groups in total. The van der Waals surface area contributed by atoms with Crippen LogP contribution in [0.2, 0.25) is 5.02 Å². The summed E-state index contributed by atoms with van der Waals surface area (Å²) in [5.41, 5.74) is 1.64. The molecule has 0 aliphatic carbocycles. The van der Waals surface area contributed by atoms with Crippen LogP contribution in [-0.4, -0.2) is 35.8 Å². The zero-order valence-corrected chi connectivity index (χ0v) is 14.9. The molecule has 0 radical (unpaired) electrons. The van der Waals surface area contributed by atoms with E-state index in [0.717, 1.165) is 37.1 Å². The molecule has 0 bridgehead atoms. The lowest BCUT2D eigenvalue weighted by Gasteiger charge is -2.36. The van der Waals surface area contributed by atoms with E-state index in [4.69, 9.17) is 11.6 Å². The van der Waals surface area contributed by atoms with E-state index in [1.807, 2.05) is 17.9 Å². The molecule has 1 aromatic rings. The first-order chi connectivity index (χ1) is 10.9. The van der Waals surface area contributed by atoms with Gasteiger partial charge in [0, 0.05) is 30.2 Å². The topological polar surface area (TPSA) is 40.6 Å². The highest BCUT2D eigenvalue weighted by molar-refractivity contribution is 6.30. The highest BCUT2D eigenvalue weighted by Crippen LogP contribution is 2.25. The third-order valence-corrected chi connectivity index (χ3v) is 4.78. The molecular formula is C18H25ClN2O2. The number of halogens is 1. The molecule has 1 heterocycles. The second-order valence-corrected chi connectivity index (χ2v) is 6.62. The van der Waals surface area contributed by atoms with Crippen molar-refractivity contribution < 1.29 is 9.59 Å². The average Bonchev–Trinajstić information content (AvgIpc) is 2.52. The Morgan fingerprint density at radius 1 is 1.35 bits per heavy atom. The Hall–Kier alpha value is -1.55. The maximum absolute atomic E-state index is 12.7. The fraction of sp³-hybridized carbons (Fsp3) is 0.556. The van der Waals surface area contributed by atoms with Gasteiger partial charge >= 0.3 is 0 Å². The number of aryl methyl sites for hydroxylation is 1. The summed E-state index contributed by atoms with van der Waals surface area (Å²) in [6.45, 7) is 6.39. The van der Waals surface area contributed by atoms with Crippen molar-refractivity contribution in [3.63, 3.8) is 0 Å². The zero-order valence-electron chi connectivity index (χ0n) is 14.1. The molecule has 0 saturated carbocycles. The van der Waals surface area contributed by atoms with Crippen molar-refractivity contribution in [2.24, 2.45) is 0 Å². The Morgan fingerprint density at radius 2 is 2.09 bits per heavy atom. The highest BCUT2D eigenvalue weighted by atomic mass is 35.5. The largest absolute Gasteiger partial charge is 0.338 e. The van der Waals surface area contributed by atoms with E-state index in [1.54, 1.807) is 17.0 Å². The number of carbonyl (C=O) groups excluding carboxylic acids is 2. The molecule has 2 amide bonds. The Balaban J connectivity index is 2.19. The van der Waals surface area contributed by atoms with Crippen molar-refractivity contribution in [2.75, 3.05) is 18.0 Å². The first-order valence-corrected chi connectivity index (χ1v) is 8.65. The summed E-state index contributed by atoms with van der Waals surface area (Å²) < 4.78 is 0. The van der Waals surface area contributed by atoms with Gasteiger partial charge in [0.15, 0.2) is 0 Å². The van der Waals surface area contributed by atoms with Gasteiger partial charge in [0.05, 0.1) is 0 Å². The van der Waals surface area contributed by atoms with Crippen molar-refractivity contribution in [3.8, 4) is 0 Å². The third-order valence-electron chi connectivity index (χ3n) is 4.54. The number of nitrogens with zero attached hydrogens (tertiary/aromatic N) is 2. The Labute approximate surface area is 143 Å². The van der Waals surface area contributed by atoms with Crippen molar-refractivity contribution in [1.29, 1.82) is 0 Å². The Bertz CT molecular complexity index is 588. The summed E-state index contributed by atoms with van der Waals surface area (Å²) in [6.07, 6.45) is 4.24. The van der Waals surface area contributed by atoms with Gasteiger partial charge in [-0.15, -0.1) is 0 Å². The van der Waals surface area contributed by atoms with Crippen LogP contribution in [0.25, 0.3) is 0 Å². The predicted molar refractivity (Wildman–Crippen MR) is 93.9 cm³/mol. The smallest absolute Gasteiger partial charge is 0.242 e. The van der Waals surface area contributed by atoms with Gasteiger partial charge in [0.2, 0.25) is 11.8 Å². The zero-order chi connectivity index (χ0) is 17.0. The van der Waals surface area contributed by atoms with Crippen LogP contribution in [0.15, 0.2) is 18.2 Å². The van der Waals surface area contributed by atoms with E-state index in [0.29, 0.717) is 11.1 Å². The van der Waals surface area contributed by atoms with Crippen LogP contribution in [0.3, 0.4) is 0 Å². The second-order valence-electron chi connectivity index (χ2n) is 6.18. The average molecular weight is 337 g/mol. The Kier molecular flexibility index (Phi) is 6.05. The molecule has 5 heteroatoms. The monoisotopic (exact) mass is 336 g/mol. The third kappa shape index (κ3) is 4.25. The standard InChI is InChI=1S/C18H25ClN2O2/c1-4-16-7-5-6-10-20(16)18(23)12-21(14(3)22)17-9-8-15(19)11-13(17)2/h8-9,11,16H,4-7,10,12H2,1-3H3. The van der Waals surface area contributed by atoms with E-state index in [2.05, 4.69) is 6.92 Å². The van der Waals surface area contributed by atoms with Crippen molar-refractivity contribution in [2.45, 2.75) is 52.5 Å². The molecule has 1 unspecified atom stereocenters. The lowest BCUT2D eigenvalue weighted by molar-refractivity contribution is -0.134. The number of anilines is 1. The quantitative estimate of drug-likeness (QED) is 0.839. The molecule has 1 fully saturated rings. The highest BCUT2D eigenvalue weighted by Gasteiger charge is 2.28. The summed E-state index contributed by atoms with van der Waals surface area (Å²) in [4.78, 5) is 28.3. The summed E-state index contributed by atoms with van der Waals surface area (Å²) >= 11 is 5.99. The van der Waals surface area contributed by atoms with Gasteiger partial charge in [-0.25, -0.2) is 0 Å². The molecule has 1 aliphatic rings. The molecular weight excluding hydrogens is 312 g/mol. The molecule has 126 valence electrons. The van der Waals surface area contributed by atoms with Crippen LogP contribution in [-0.2, 0) is 9.59 Å². The van der Waals surface area contributed by atoms with E-state index < -0.39 is 0 Å². The number of carbonyl (C=O) groups is 2. The van der Waals surface area contributed by atoms with Gasteiger partial charge in [-0.2, -0.15) is 0 Å². The number of hydrogen-bond donors (Lipinski definition) is 0. The number of hydrogen-bond acceptors (Lipinski definition) is 2. The van der Waals surface area contributed by atoms with Crippen LogP contribution < -0.4 is 4.90 Å². The molecule has 1 aromatic carbocycles. The number of rotatable bonds is 4. The van der Waals surface area contributed by atoms with E-state index >= 15 is 0 Å². The number of likely N-dealkylation sites (tertiary alicyclic amines) is 1. The molecule has 1 saturated heterocycles. The molecule has 0 spiro atoms. The second kappa shape index (κ2) is 7.82. The number of amides is 2. The minimum atomic E-state index is -0.131. The van der Waals surface area contributed by atoms with Gasteiger partial charge in [0.1, 0.15) is 6.54 Å². The van der Waals surface area contributed by atoms with Gasteiger partial charge in [0.25, 0.3) is 0 Å². The number of benzene rings is 1. The summed E-state index contributed by atoms with van der Waals surface area (Å²) in [7, 11) is 0. The minimum Gasteiger partial charge on any atom is -0.338 e. The molecule has 0 aromatic heterocycles. The maximum Gasteiger partial charge on any atom is 0.242 e. The lowest BCUT2D eigenvalue weighted by Crippen LogP contribution is -2.48. The number of piperidine rings is 1. The summed E-state index contributed by atoms with van der Waals surface area (Å²) in [5, 5.41) is 0.628. The van der Waals surface area contributed by atoms with Crippen molar-refractivity contribution in [1.82, 2.24) is 4.90 Å². The molecule has 1 aliphatic heterocycles. The molecule has 2 rings (SSSR count). The van der Waals surface area contributed by atoms with Crippen LogP contribution in [0.5, 0.6) is 0 Å². The van der Waals surface area contributed by atoms with Gasteiger partial charge in [-0.3, -0.25) is 9.59 Å². The van der Waals surface area contributed by atoms with E-state index in [9.17, 15) is 9.59 Å². The summed E-state index contributed by atoms with van der Waals surface area (Å²) in [5.74, 6) is -0.102. The molecule has 4 nitrogen and oxygen atoms in total. The van der Waals surface area contributed by atoms with Crippen molar-refractivity contribution >= 4 is 29.1 Å². The van der Waals surface area contributed by atoms with Crippen LogP contribution in [0.1, 0.15) is 45.1 Å².